The number of nitrogens with one attached hydrogen (secondary N) is 2. The molecule has 2 amide bonds. The van der Waals surface area contributed by atoms with Crippen molar-refractivity contribution in [3.8, 4) is 11.5 Å². The zero-order valence-electron chi connectivity index (χ0n) is 22.0. The number of benzene rings is 2. The quantitative estimate of drug-likeness (QED) is 0.0339. The summed E-state index contributed by atoms with van der Waals surface area (Å²) in [6.45, 7) is 0.447. The second-order valence-electron chi connectivity index (χ2n) is 8.12. The van der Waals surface area contributed by atoms with Gasteiger partial charge in [0.15, 0.2) is 11.5 Å². The molecule has 44 heavy (non-hydrogen) atoms. The van der Waals surface area contributed by atoms with Crippen molar-refractivity contribution in [1.29, 1.82) is 0 Å². The van der Waals surface area contributed by atoms with Gasteiger partial charge in [0, 0.05) is 37.4 Å². The lowest BCUT2D eigenvalue weighted by molar-refractivity contribution is -0.115. The first-order valence-corrected chi connectivity index (χ1v) is 18.5. The number of hydrogen-bond acceptors (Lipinski definition) is 16. The molecule has 0 aliphatic rings. The molecule has 2 aromatic carbocycles. The first-order chi connectivity index (χ1) is 20.6. The Bertz CT molecular complexity index is 1500. The summed E-state index contributed by atoms with van der Waals surface area (Å²) in [5.74, 6) is -0.809. The molecule has 0 aliphatic carbocycles. The zero-order valence-corrected chi connectivity index (χ0v) is 28.4. The molecule has 0 saturated carbocycles. The van der Waals surface area contributed by atoms with Crippen molar-refractivity contribution in [2.24, 2.45) is 10.3 Å². The number of carbonyl (C=O) groups excluding carboxylic acids is 2. The molecule has 22 heteroatoms. The van der Waals surface area contributed by atoms with E-state index < -0.39 is 32.6 Å². The fourth-order valence-corrected chi connectivity index (χ4v) is 6.88. The molecule has 0 atom stereocenters. The van der Waals surface area contributed by atoms with Crippen molar-refractivity contribution in [3.63, 3.8) is 0 Å². The van der Waals surface area contributed by atoms with Gasteiger partial charge in [0.05, 0.1) is 8.95 Å². The molecule has 2 aromatic rings. The summed E-state index contributed by atoms with van der Waals surface area (Å²) in [6, 6.07) is 8.01. The highest BCUT2D eigenvalue weighted by atomic mass is 79.9. The van der Waals surface area contributed by atoms with E-state index in [0.29, 0.717) is 22.6 Å². The van der Waals surface area contributed by atoms with Crippen LogP contribution in [0.3, 0.4) is 0 Å². The van der Waals surface area contributed by atoms with Crippen LogP contribution in [0.1, 0.15) is 11.1 Å². The van der Waals surface area contributed by atoms with Gasteiger partial charge in [0.25, 0.3) is 32.6 Å². The van der Waals surface area contributed by atoms with Crippen LogP contribution in [0.4, 0.5) is 0 Å². The van der Waals surface area contributed by atoms with Crippen molar-refractivity contribution in [3.05, 3.63) is 56.5 Å². The lowest BCUT2D eigenvalue weighted by Crippen LogP contribution is -2.34. The Morgan fingerprint density at radius 2 is 1.11 bits per heavy atom. The van der Waals surface area contributed by atoms with Gasteiger partial charge in [-0.1, -0.05) is 44.0 Å². The number of carbonyl (C=O) groups is 2. The molecule has 0 bridgehead atoms. The SMILES string of the molecule is O=C(NCCSSCCNC(=O)/C(Cc1ccc(OS(=O)(=O)[O-])c(Br)c1)=N/O)/C(Cc1ccc(OS(=O)(=O)[O-])c(Br)c1)=N/O. The highest BCUT2D eigenvalue weighted by Crippen LogP contribution is 2.28. The molecule has 0 heterocycles. The summed E-state index contributed by atoms with van der Waals surface area (Å²) >= 11 is 6.13. The molecular formula is C22H22Br2N4O12S4-2. The Balaban J connectivity index is 1.69. The van der Waals surface area contributed by atoms with Crippen molar-refractivity contribution < 1.29 is 54.3 Å². The lowest BCUT2D eigenvalue weighted by atomic mass is 10.1. The molecule has 242 valence electrons. The van der Waals surface area contributed by atoms with Crippen molar-refractivity contribution in [1.82, 2.24) is 10.6 Å². The van der Waals surface area contributed by atoms with Crippen LogP contribution in [0.5, 0.6) is 11.5 Å². The highest BCUT2D eigenvalue weighted by Gasteiger charge is 2.16. The van der Waals surface area contributed by atoms with Crippen molar-refractivity contribution in [2.75, 3.05) is 24.6 Å². The molecule has 0 radical (unpaired) electrons. The first kappa shape index (κ1) is 37.6. The van der Waals surface area contributed by atoms with E-state index in [1.165, 1.54) is 58.0 Å². The predicted octanol–water partition coefficient (Wildman–Crippen LogP) is 1.95. The van der Waals surface area contributed by atoms with Crippen LogP contribution in [0.2, 0.25) is 0 Å². The molecule has 4 N–H and O–H groups in total. The van der Waals surface area contributed by atoms with E-state index in [1.807, 2.05) is 0 Å². The third kappa shape index (κ3) is 14.0. The summed E-state index contributed by atoms with van der Waals surface area (Å²) < 4.78 is 73.4. The Kier molecular flexibility index (Phi) is 15.2. The summed E-state index contributed by atoms with van der Waals surface area (Å²) in [7, 11) is -7.15. The van der Waals surface area contributed by atoms with Gasteiger partial charge in [-0.05, 0) is 67.3 Å². The minimum Gasteiger partial charge on any atom is -0.716 e. The summed E-state index contributed by atoms with van der Waals surface area (Å²) in [6.07, 6.45) is -0.205. The standard InChI is InChI=1S/C22H24Br2N4O12S4/c23-15-9-13(1-3-19(15)39-43(33,34)35)11-17(27-31)21(29)25-5-7-41-42-8-6-26-22(30)18(28-32)12-14-2-4-20(16(24)10-14)40-44(36,37)38/h1-4,9-10,31-32H,5-8,11-12H2,(H,25,29)(H,26,30)(H,33,34,35)(H,36,37,38)/p-2/b27-17+,28-18+. The maximum atomic E-state index is 12.3. The van der Waals surface area contributed by atoms with Crippen LogP contribution in [0.15, 0.2) is 55.7 Å². The van der Waals surface area contributed by atoms with Gasteiger partial charge in [0.2, 0.25) is 0 Å². The minimum absolute atomic E-state index is 0.102. The molecule has 16 nitrogen and oxygen atoms in total. The molecule has 0 aromatic heterocycles. The Labute approximate surface area is 276 Å². The number of halogens is 2. The van der Waals surface area contributed by atoms with Crippen molar-refractivity contribution in [2.45, 2.75) is 12.8 Å². The molecule has 0 saturated heterocycles. The Hall–Kier alpha value is -2.60. The zero-order chi connectivity index (χ0) is 32.9. The second kappa shape index (κ2) is 17.8. The fourth-order valence-electron chi connectivity index (χ4n) is 3.11. The monoisotopic (exact) mass is 820 g/mol. The Morgan fingerprint density at radius 3 is 1.41 bits per heavy atom. The van der Waals surface area contributed by atoms with Crippen LogP contribution < -0.4 is 19.0 Å². The smallest absolute Gasteiger partial charge is 0.269 e. The molecule has 2 rings (SSSR count). The molecule has 0 spiro atoms. The summed E-state index contributed by atoms with van der Waals surface area (Å²) in [5, 5.41) is 29.7. The lowest BCUT2D eigenvalue weighted by Gasteiger charge is -2.12. The van der Waals surface area contributed by atoms with Crippen LogP contribution in [0, 0.1) is 0 Å². The summed E-state index contributed by atoms with van der Waals surface area (Å²) in [5.41, 5.74) is 0.503. The van der Waals surface area contributed by atoms with Gasteiger partial charge >= 0.3 is 0 Å². The average molecular weight is 823 g/mol. The average Bonchev–Trinajstić information content (AvgIpc) is 2.93. The largest absolute Gasteiger partial charge is 0.716 e. The molecule has 0 fully saturated rings. The second-order valence-corrected chi connectivity index (χ2v) is 14.5. The van der Waals surface area contributed by atoms with Gasteiger partial charge in [0.1, 0.15) is 11.4 Å². The van der Waals surface area contributed by atoms with Crippen LogP contribution in [0.25, 0.3) is 0 Å². The van der Waals surface area contributed by atoms with Crippen LogP contribution in [-0.4, -0.2) is 84.2 Å². The van der Waals surface area contributed by atoms with E-state index in [4.69, 9.17) is 0 Å². The van der Waals surface area contributed by atoms with Gasteiger partial charge in [-0.15, -0.1) is 0 Å². The van der Waals surface area contributed by atoms with E-state index in [-0.39, 0.29) is 57.8 Å². The third-order valence-electron chi connectivity index (χ3n) is 4.91. The highest BCUT2D eigenvalue weighted by molar-refractivity contribution is 9.11. The van der Waals surface area contributed by atoms with Gasteiger partial charge in [-0.2, -0.15) is 0 Å². The topological polar surface area (TPSA) is 256 Å². The molecule has 0 aliphatic heterocycles. The first-order valence-electron chi connectivity index (χ1n) is 11.7. The summed E-state index contributed by atoms with van der Waals surface area (Å²) in [4.78, 5) is 24.7. The van der Waals surface area contributed by atoms with E-state index in [1.54, 1.807) is 0 Å². The number of oxime groups is 2. The normalized spacial score (nSPS) is 12.5. The number of nitrogens with zero attached hydrogens (tertiary/aromatic N) is 2. The maximum absolute atomic E-state index is 12.3. The molecular weight excluding hydrogens is 800 g/mol. The minimum atomic E-state index is -4.97. The third-order valence-corrected chi connectivity index (χ3v) is 9.33. The maximum Gasteiger partial charge on any atom is 0.269 e. The number of amides is 2. The predicted molar refractivity (Wildman–Crippen MR) is 166 cm³/mol. The van der Waals surface area contributed by atoms with E-state index in [2.05, 4.69) is 61.2 Å². The Morgan fingerprint density at radius 1 is 0.750 bits per heavy atom. The molecule has 0 unspecified atom stereocenters. The van der Waals surface area contributed by atoms with Gasteiger partial charge in [-0.3, -0.25) is 9.59 Å². The number of rotatable bonds is 17. The van der Waals surface area contributed by atoms with E-state index in [0.717, 1.165) is 0 Å². The van der Waals surface area contributed by atoms with Crippen LogP contribution in [-0.2, 0) is 43.2 Å². The van der Waals surface area contributed by atoms with Crippen LogP contribution >= 0.6 is 53.4 Å². The van der Waals surface area contributed by atoms with Crippen molar-refractivity contribution >= 4 is 97.5 Å². The van der Waals surface area contributed by atoms with E-state index >= 15 is 0 Å². The fraction of sp³-hybridized carbons (Fsp3) is 0.273. The van der Waals surface area contributed by atoms with Gasteiger partial charge in [-0.25, -0.2) is 16.8 Å². The number of hydrogen-bond donors (Lipinski definition) is 4. The van der Waals surface area contributed by atoms with Gasteiger partial charge < -0.3 is 38.5 Å². The van der Waals surface area contributed by atoms with E-state index in [9.17, 15) is 45.9 Å².